The summed E-state index contributed by atoms with van der Waals surface area (Å²) >= 11 is 0. The molecule has 2 rings (SSSR count). The van der Waals surface area contributed by atoms with Crippen LogP contribution in [0.4, 0.5) is 5.69 Å². The molecule has 0 bridgehead atoms. The number of rotatable bonds is 6. The highest BCUT2D eigenvalue weighted by Crippen LogP contribution is 2.14. The number of hydrazine groups is 1. The van der Waals surface area contributed by atoms with E-state index in [0.29, 0.717) is 5.56 Å². The number of nitrogens with zero attached hydrogens (tertiary/aromatic N) is 1. The minimum atomic E-state index is -0.963. The fraction of sp³-hybridized carbons (Fsp3) is 0.125. The Morgan fingerprint density at radius 3 is 2.38 bits per heavy atom. The van der Waals surface area contributed by atoms with E-state index >= 15 is 0 Å². The van der Waals surface area contributed by atoms with Crippen LogP contribution in [-0.4, -0.2) is 18.9 Å². The molecule has 0 aliphatic carbocycles. The maximum atomic E-state index is 12.2. The number of carbonyl (C=O) groups is 1. The third kappa shape index (κ3) is 3.81. The quantitative estimate of drug-likeness (QED) is 0.628. The Hall–Kier alpha value is -2.84. The second-order valence-electron chi connectivity index (χ2n) is 4.29. The average Bonchev–Trinajstić information content (AvgIpc) is 2.56. The molecule has 0 fully saturated rings. The van der Waals surface area contributed by atoms with E-state index in [1.807, 2.05) is 12.1 Å². The van der Waals surface area contributed by atoms with Gasteiger partial charge >= 0.3 is 0 Å². The van der Waals surface area contributed by atoms with Crippen LogP contribution in [0.1, 0.15) is 10.4 Å². The summed E-state index contributed by atoms with van der Waals surface area (Å²) in [7, 11) is 1.59. The highest BCUT2D eigenvalue weighted by molar-refractivity contribution is 6.01. The Labute approximate surface area is 123 Å². The Morgan fingerprint density at radius 2 is 1.81 bits per heavy atom. The first-order chi connectivity index (χ1) is 10.2. The lowest BCUT2D eigenvalue weighted by atomic mass is 10.1. The van der Waals surface area contributed by atoms with E-state index < -0.39 is 6.04 Å². The van der Waals surface area contributed by atoms with Gasteiger partial charge in [-0.1, -0.05) is 30.3 Å². The van der Waals surface area contributed by atoms with E-state index in [0.717, 1.165) is 11.4 Å². The Balaban J connectivity index is 1.99. The number of hydrogen-bond acceptors (Lipinski definition) is 5. The number of hydrogen-bond donors (Lipinski definition) is 2. The summed E-state index contributed by atoms with van der Waals surface area (Å²) in [6, 6.07) is 16.8. The van der Waals surface area contributed by atoms with Crippen LogP contribution in [0, 0.1) is 11.3 Å². The number of ether oxygens (including phenoxy) is 1. The van der Waals surface area contributed by atoms with Gasteiger partial charge in [-0.3, -0.25) is 4.79 Å². The first-order valence-electron chi connectivity index (χ1n) is 6.39. The molecule has 1 atom stereocenters. The molecule has 0 amide bonds. The van der Waals surface area contributed by atoms with Crippen molar-refractivity contribution in [1.29, 1.82) is 5.26 Å². The second-order valence-corrected chi connectivity index (χ2v) is 4.29. The number of ketones is 1. The maximum Gasteiger partial charge on any atom is 0.195 e. The Bertz CT molecular complexity index is 633. The van der Waals surface area contributed by atoms with Gasteiger partial charge in [0.15, 0.2) is 11.8 Å². The minimum absolute atomic E-state index is 0.279. The molecule has 0 heterocycles. The lowest BCUT2D eigenvalue weighted by Gasteiger charge is -2.13. The van der Waals surface area contributed by atoms with E-state index in [4.69, 9.17) is 10.00 Å². The van der Waals surface area contributed by atoms with E-state index in [-0.39, 0.29) is 5.78 Å². The van der Waals surface area contributed by atoms with Crippen molar-refractivity contribution in [3.8, 4) is 11.8 Å². The molecule has 0 aromatic heterocycles. The molecule has 0 saturated heterocycles. The Kier molecular flexibility index (Phi) is 4.91. The number of carbonyl (C=O) groups excluding carboxylic acids is 1. The monoisotopic (exact) mass is 281 g/mol. The third-order valence-corrected chi connectivity index (χ3v) is 2.90. The topological polar surface area (TPSA) is 74.2 Å². The van der Waals surface area contributed by atoms with Gasteiger partial charge in [0.1, 0.15) is 5.75 Å². The zero-order valence-corrected chi connectivity index (χ0v) is 11.5. The number of Topliss-reactive ketones (excluding diaryl/α,β-unsaturated/α-hetero) is 1. The van der Waals surface area contributed by atoms with Crippen molar-refractivity contribution >= 4 is 11.5 Å². The summed E-state index contributed by atoms with van der Waals surface area (Å²) in [6.45, 7) is 0. The predicted octanol–water partition coefficient (Wildman–Crippen LogP) is 2.39. The van der Waals surface area contributed by atoms with Crippen molar-refractivity contribution in [2.45, 2.75) is 6.04 Å². The van der Waals surface area contributed by atoms with Crippen LogP contribution in [-0.2, 0) is 0 Å². The number of benzene rings is 2. The average molecular weight is 281 g/mol. The molecule has 5 nitrogen and oxygen atoms in total. The maximum absolute atomic E-state index is 12.2. The van der Waals surface area contributed by atoms with E-state index in [9.17, 15) is 4.79 Å². The standard InChI is InChI=1S/C16H15N3O2/c1-21-14-9-7-13(8-10-14)18-19-15(11-17)16(20)12-5-3-2-4-6-12/h2-10,15,18-19H,1H3. The highest BCUT2D eigenvalue weighted by Gasteiger charge is 2.18. The summed E-state index contributed by atoms with van der Waals surface area (Å²) in [5, 5.41) is 9.12. The molecule has 2 aromatic carbocycles. The van der Waals surface area contributed by atoms with Gasteiger partial charge in [0.05, 0.1) is 13.2 Å². The van der Waals surface area contributed by atoms with Gasteiger partial charge in [0.2, 0.25) is 0 Å². The van der Waals surface area contributed by atoms with Gasteiger partial charge in [-0.05, 0) is 24.3 Å². The largest absolute Gasteiger partial charge is 0.497 e. The number of anilines is 1. The molecular weight excluding hydrogens is 266 g/mol. The molecule has 0 aliphatic heterocycles. The molecule has 0 saturated carbocycles. The SMILES string of the molecule is COc1ccc(NNC(C#N)C(=O)c2ccccc2)cc1. The summed E-state index contributed by atoms with van der Waals surface area (Å²) in [6.07, 6.45) is 0. The molecule has 5 heteroatoms. The molecular formula is C16H15N3O2. The molecule has 0 spiro atoms. The van der Waals surface area contributed by atoms with Gasteiger partial charge in [0, 0.05) is 11.3 Å². The van der Waals surface area contributed by atoms with Crippen LogP contribution in [0.25, 0.3) is 0 Å². The fourth-order valence-corrected chi connectivity index (χ4v) is 1.76. The van der Waals surface area contributed by atoms with Crippen LogP contribution in [0.2, 0.25) is 0 Å². The molecule has 0 aliphatic rings. The van der Waals surface area contributed by atoms with E-state index in [1.54, 1.807) is 55.6 Å². The molecule has 106 valence electrons. The lowest BCUT2D eigenvalue weighted by Crippen LogP contribution is -2.39. The summed E-state index contributed by atoms with van der Waals surface area (Å²) < 4.78 is 5.06. The minimum Gasteiger partial charge on any atom is -0.497 e. The molecule has 21 heavy (non-hydrogen) atoms. The normalized spacial score (nSPS) is 11.2. The zero-order chi connectivity index (χ0) is 15.1. The lowest BCUT2D eigenvalue weighted by molar-refractivity contribution is 0.0969. The molecule has 0 radical (unpaired) electrons. The van der Waals surface area contributed by atoms with Crippen LogP contribution in [0.15, 0.2) is 54.6 Å². The van der Waals surface area contributed by atoms with Crippen LogP contribution >= 0.6 is 0 Å². The van der Waals surface area contributed by atoms with Gasteiger partial charge in [0.25, 0.3) is 0 Å². The summed E-state index contributed by atoms with van der Waals surface area (Å²) in [4.78, 5) is 12.2. The number of nitrogens with one attached hydrogen (secondary N) is 2. The first kappa shape index (κ1) is 14.6. The predicted molar refractivity (Wildman–Crippen MR) is 79.9 cm³/mol. The van der Waals surface area contributed by atoms with Crippen LogP contribution in [0.5, 0.6) is 5.75 Å². The van der Waals surface area contributed by atoms with Crippen molar-refractivity contribution in [3.63, 3.8) is 0 Å². The van der Waals surface area contributed by atoms with Crippen molar-refractivity contribution in [1.82, 2.24) is 5.43 Å². The van der Waals surface area contributed by atoms with Crippen molar-refractivity contribution in [2.75, 3.05) is 12.5 Å². The Morgan fingerprint density at radius 1 is 1.14 bits per heavy atom. The van der Waals surface area contributed by atoms with E-state index in [1.165, 1.54) is 0 Å². The zero-order valence-electron chi connectivity index (χ0n) is 11.5. The van der Waals surface area contributed by atoms with Crippen molar-refractivity contribution < 1.29 is 9.53 Å². The van der Waals surface area contributed by atoms with Crippen LogP contribution < -0.4 is 15.6 Å². The van der Waals surface area contributed by atoms with E-state index in [2.05, 4.69) is 10.9 Å². The van der Waals surface area contributed by atoms with Gasteiger partial charge < -0.3 is 10.2 Å². The third-order valence-electron chi connectivity index (χ3n) is 2.90. The summed E-state index contributed by atoms with van der Waals surface area (Å²) in [5.74, 6) is 0.455. The smallest absolute Gasteiger partial charge is 0.195 e. The van der Waals surface area contributed by atoms with Crippen molar-refractivity contribution in [2.24, 2.45) is 0 Å². The summed E-state index contributed by atoms with van der Waals surface area (Å²) in [5.41, 5.74) is 6.80. The highest BCUT2D eigenvalue weighted by atomic mass is 16.5. The fourth-order valence-electron chi connectivity index (χ4n) is 1.76. The van der Waals surface area contributed by atoms with Gasteiger partial charge in [-0.15, -0.1) is 0 Å². The van der Waals surface area contributed by atoms with Gasteiger partial charge in [-0.2, -0.15) is 5.26 Å². The van der Waals surface area contributed by atoms with Gasteiger partial charge in [-0.25, -0.2) is 5.43 Å². The number of methoxy groups -OCH3 is 1. The molecule has 1 unspecified atom stereocenters. The second kappa shape index (κ2) is 7.08. The van der Waals surface area contributed by atoms with Crippen molar-refractivity contribution in [3.05, 3.63) is 60.2 Å². The molecule has 2 N–H and O–H groups in total. The molecule has 2 aromatic rings. The number of nitriles is 1. The first-order valence-corrected chi connectivity index (χ1v) is 6.39. The van der Waals surface area contributed by atoms with Crippen LogP contribution in [0.3, 0.4) is 0 Å².